The predicted molar refractivity (Wildman–Crippen MR) is 108 cm³/mol. The van der Waals surface area contributed by atoms with E-state index in [-0.39, 0.29) is 17.9 Å². The molecule has 0 aliphatic carbocycles. The minimum Gasteiger partial charge on any atom is -0.469 e. The molecule has 27 heavy (non-hydrogen) atoms. The second-order valence-corrected chi connectivity index (χ2v) is 9.79. The summed E-state index contributed by atoms with van der Waals surface area (Å²) in [6, 6.07) is 5.28. The van der Waals surface area contributed by atoms with Gasteiger partial charge in [0.25, 0.3) is 0 Å². The van der Waals surface area contributed by atoms with Crippen LogP contribution < -0.4 is 0 Å². The van der Waals surface area contributed by atoms with Gasteiger partial charge in [-0.15, -0.1) is 0 Å². The highest BCUT2D eigenvalue weighted by molar-refractivity contribution is 14.1. The summed E-state index contributed by atoms with van der Waals surface area (Å²) in [7, 11) is -1.50. The highest BCUT2D eigenvalue weighted by atomic mass is 127. The van der Waals surface area contributed by atoms with Gasteiger partial charge >= 0.3 is 11.9 Å². The van der Waals surface area contributed by atoms with Crippen LogP contribution in [0.5, 0.6) is 0 Å². The quantitative estimate of drug-likeness (QED) is 0.450. The Morgan fingerprint density at radius 2 is 1.78 bits per heavy atom. The van der Waals surface area contributed by atoms with E-state index < -0.39 is 33.9 Å². The van der Waals surface area contributed by atoms with Crippen LogP contribution in [0, 0.1) is 12.8 Å². The van der Waals surface area contributed by atoms with E-state index in [4.69, 9.17) is 9.47 Å². The van der Waals surface area contributed by atoms with Gasteiger partial charge in [0.2, 0.25) is 10.0 Å². The Morgan fingerprint density at radius 1 is 1.19 bits per heavy atom. The van der Waals surface area contributed by atoms with Gasteiger partial charge in [-0.2, -0.15) is 4.31 Å². The number of carbonyl (C=O) groups excluding carboxylic acids is 2. The summed E-state index contributed by atoms with van der Waals surface area (Å²) in [5.74, 6) is -1.85. The van der Waals surface area contributed by atoms with Crippen LogP contribution in [-0.2, 0) is 29.1 Å². The van der Waals surface area contributed by atoms with Gasteiger partial charge in [-0.05, 0) is 57.7 Å². The summed E-state index contributed by atoms with van der Waals surface area (Å²) >= 11 is 2.08. The maximum atomic E-state index is 13.2. The molecule has 1 fully saturated rings. The fraction of sp³-hybridized carbons (Fsp3) is 0.444. The van der Waals surface area contributed by atoms with E-state index >= 15 is 0 Å². The summed E-state index contributed by atoms with van der Waals surface area (Å²) in [6.45, 7) is 3.69. The van der Waals surface area contributed by atoms with Crippen LogP contribution in [0.3, 0.4) is 0 Å². The number of rotatable bonds is 5. The number of sulfonamides is 1. The van der Waals surface area contributed by atoms with Crippen molar-refractivity contribution in [3.8, 4) is 0 Å². The van der Waals surface area contributed by atoms with Crippen molar-refractivity contribution in [3.05, 3.63) is 39.0 Å². The van der Waals surface area contributed by atoms with Gasteiger partial charge in [0, 0.05) is 12.5 Å². The first-order valence-corrected chi connectivity index (χ1v) is 10.7. The van der Waals surface area contributed by atoms with E-state index in [1.165, 1.54) is 26.4 Å². The Labute approximate surface area is 172 Å². The highest BCUT2D eigenvalue weighted by Crippen LogP contribution is 2.39. The van der Waals surface area contributed by atoms with E-state index in [0.717, 1.165) is 13.4 Å². The summed E-state index contributed by atoms with van der Waals surface area (Å²) in [4.78, 5) is 24.5. The van der Waals surface area contributed by atoms with Crippen molar-refractivity contribution in [2.75, 3.05) is 20.8 Å². The lowest BCUT2D eigenvalue weighted by Gasteiger charge is -2.24. The number of nitrogens with zero attached hydrogens (tertiary/aromatic N) is 1. The predicted octanol–water partition coefficient (Wildman–Crippen LogP) is 2.43. The monoisotopic (exact) mass is 507 g/mol. The van der Waals surface area contributed by atoms with E-state index in [2.05, 4.69) is 22.6 Å². The molecule has 0 N–H and O–H groups in total. The van der Waals surface area contributed by atoms with Crippen molar-refractivity contribution >= 4 is 44.6 Å². The van der Waals surface area contributed by atoms with Crippen LogP contribution in [0.1, 0.15) is 18.9 Å². The molecule has 148 valence electrons. The standard InChI is InChI=1S/C18H22INO6S/c1-11-5-7-13(8-6-11)27(23,24)20-10-15(12(2)19)14(9-16(21)25-3)17(20)18(22)26-4/h5-8,14,17H,9-10H2,1-4H3/b15-12+/t14-,17-/m0/s1. The molecule has 1 aromatic rings. The summed E-state index contributed by atoms with van der Waals surface area (Å²) in [5.41, 5.74) is 1.64. The first kappa shape index (κ1) is 21.8. The molecule has 7 nitrogen and oxygen atoms in total. The lowest BCUT2D eigenvalue weighted by atomic mass is 9.92. The zero-order chi connectivity index (χ0) is 20.4. The maximum absolute atomic E-state index is 13.2. The third-order valence-corrected chi connectivity index (χ3v) is 7.13. The molecule has 0 radical (unpaired) electrons. The third-order valence-electron chi connectivity index (χ3n) is 4.59. The SMILES string of the molecule is COC(=O)C[C@H]1/C(=C(\C)I)CN(S(=O)(=O)c2ccc(C)cc2)[C@@H]1C(=O)OC. The molecule has 0 aromatic heterocycles. The molecule has 1 aromatic carbocycles. The van der Waals surface area contributed by atoms with Gasteiger partial charge in [0.05, 0.1) is 25.5 Å². The normalized spacial score (nSPS) is 22.4. The molecule has 2 rings (SSSR count). The number of ether oxygens (including phenoxy) is 2. The number of hydrogen-bond acceptors (Lipinski definition) is 6. The van der Waals surface area contributed by atoms with Gasteiger partial charge in [-0.1, -0.05) is 17.7 Å². The lowest BCUT2D eigenvalue weighted by molar-refractivity contribution is -0.147. The molecule has 0 spiro atoms. The summed E-state index contributed by atoms with van der Waals surface area (Å²) < 4.78 is 38.0. The van der Waals surface area contributed by atoms with Gasteiger partial charge in [0.15, 0.2) is 0 Å². The van der Waals surface area contributed by atoms with Gasteiger partial charge < -0.3 is 9.47 Å². The number of halogens is 1. The Bertz CT molecular complexity index is 858. The third kappa shape index (κ3) is 4.52. The zero-order valence-electron chi connectivity index (χ0n) is 15.6. The van der Waals surface area contributed by atoms with Crippen LogP contribution in [0.2, 0.25) is 0 Å². The van der Waals surface area contributed by atoms with Crippen LogP contribution >= 0.6 is 22.6 Å². The Kier molecular flexibility index (Phi) is 7.03. The molecule has 1 saturated heterocycles. The average molecular weight is 507 g/mol. The highest BCUT2D eigenvalue weighted by Gasteiger charge is 2.50. The average Bonchev–Trinajstić information content (AvgIpc) is 3.01. The molecular weight excluding hydrogens is 485 g/mol. The Hall–Kier alpha value is -1.46. The lowest BCUT2D eigenvalue weighted by Crippen LogP contribution is -2.44. The first-order chi connectivity index (χ1) is 12.6. The fourth-order valence-electron chi connectivity index (χ4n) is 3.12. The van der Waals surface area contributed by atoms with E-state index in [1.54, 1.807) is 12.1 Å². The van der Waals surface area contributed by atoms with Crippen molar-refractivity contribution < 1.29 is 27.5 Å². The van der Waals surface area contributed by atoms with E-state index in [1.807, 2.05) is 13.8 Å². The smallest absolute Gasteiger partial charge is 0.324 e. The second-order valence-electron chi connectivity index (χ2n) is 6.28. The molecule has 0 unspecified atom stereocenters. The number of carbonyl (C=O) groups is 2. The number of methoxy groups -OCH3 is 2. The molecule has 9 heteroatoms. The van der Waals surface area contributed by atoms with Crippen LogP contribution in [0.25, 0.3) is 0 Å². The summed E-state index contributed by atoms with van der Waals surface area (Å²) in [5, 5.41) is 0. The number of benzene rings is 1. The van der Waals surface area contributed by atoms with Gasteiger partial charge in [0.1, 0.15) is 6.04 Å². The van der Waals surface area contributed by atoms with Crippen molar-refractivity contribution in [2.24, 2.45) is 5.92 Å². The summed E-state index contributed by atoms with van der Waals surface area (Å²) in [6.07, 6.45) is -0.105. The van der Waals surface area contributed by atoms with Crippen molar-refractivity contribution in [1.29, 1.82) is 0 Å². The zero-order valence-corrected chi connectivity index (χ0v) is 18.5. The number of aryl methyl sites for hydroxylation is 1. The van der Waals surface area contributed by atoms with Crippen molar-refractivity contribution in [3.63, 3.8) is 0 Å². The molecule has 1 aliphatic heterocycles. The maximum Gasteiger partial charge on any atom is 0.324 e. The minimum atomic E-state index is -3.96. The van der Waals surface area contributed by atoms with Crippen LogP contribution in [0.15, 0.2) is 38.3 Å². The molecular formula is C18H22INO6S. The molecule has 0 amide bonds. The fourth-order valence-corrected chi connectivity index (χ4v) is 5.28. The van der Waals surface area contributed by atoms with E-state index in [9.17, 15) is 18.0 Å². The second kappa shape index (κ2) is 8.70. The molecule has 2 atom stereocenters. The van der Waals surface area contributed by atoms with Crippen LogP contribution in [0.4, 0.5) is 0 Å². The molecule has 0 bridgehead atoms. The molecule has 0 saturated carbocycles. The van der Waals surface area contributed by atoms with Gasteiger partial charge in [-0.3, -0.25) is 9.59 Å². The number of allylic oxidation sites excluding steroid dienone is 1. The Balaban J connectivity index is 2.56. The van der Waals surface area contributed by atoms with Gasteiger partial charge in [-0.25, -0.2) is 8.42 Å². The largest absolute Gasteiger partial charge is 0.469 e. The van der Waals surface area contributed by atoms with Crippen molar-refractivity contribution in [1.82, 2.24) is 4.31 Å². The number of hydrogen-bond donors (Lipinski definition) is 0. The first-order valence-electron chi connectivity index (χ1n) is 8.21. The van der Waals surface area contributed by atoms with Crippen LogP contribution in [-0.4, -0.2) is 51.5 Å². The molecule has 1 heterocycles. The van der Waals surface area contributed by atoms with Crippen molar-refractivity contribution in [2.45, 2.75) is 31.2 Å². The number of esters is 2. The topological polar surface area (TPSA) is 90.0 Å². The Morgan fingerprint density at radius 3 is 2.26 bits per heavy atom. The minimum absolute atomic E-state index is 0.0202. The molecule has 1 aliphatic rings. The van der Waals surface area contributed by atoms with E-state index in [0.29, 0.717) is 5.57 Å².